The minimum atomic E-state index is -0.648. The Morgan fingerprint density at radius 2 is 2.37 bits per heavy atom. The molecular weight excluding hydrogens is 290 g/mol. The van der Waals surface area contributed by atoms with Crippen LogP contribution in [-0.4, -0.2) is 33.9 Å². The van der Waals surface area contributed by atoms with Gasteiger partial charge in [-0.1, -0.05) is 11.6 Å². The fraction of sp³-hybridized carbons (Fsp3) is 0.455. The van der Waals surface area contributed by atoms with Crippen LogP contribution in [0.2, 0.25) is 5.15 Å². The van der Waals surface area contributed by atoms with Crippen molar-refractivity contribution in [1.29, 1.82) is 0 Å². The summed E-state index contributed by atoms with van der Waals surface area (Å²) in [6.07, 6.45) is 3.76. The molecular formula is C11H14ClN3O3S. The summed E-state index contributed by atoms with van der Waals surface area (Å²) in [5.74, 6) is 0.394. The van der Waals surface area contributed by atoms with E-state index in [1.54, 1.807) is 11.8 Å². The molecule has 19 heavy (non-hydrogen) atoms. The highest BCUT2D eigenvalue weighted by Gasteiger charge is 2.22. The second kappa shape index (κ2) is 7.30. The van der Waals surface area contributed by atoms with Crippen LogP contribution in [0.25, 0.3) is 0 Å². The number of hydrogen-bond donors (Lipinski definition) is 1. The number of thioether (sulfide) groups is 1. The molecule has 6 nitrogen and oxygen atoms in total. The van der Waals surface area contributed by atoms with Gasteiger partial charge < -0.3 is 5.32 Å². The van der Waals surface area contributed by atoms with Crippen LogP contribution in [0.3, 0.4) is 0 Å². The molecule has 0 aliphatic rings. The predicted octanol–water partition coefficient (Wildman–Crippen LogP) is 2.51. The van der Waals surface area contributed by atoms with E-state index in [0.717, 1.165) is 18.4 Å². The molecule has 1 amide bonds. The quantitative estimate of drug-likeness (QED) is 0.496. The third-order valence-corrected chi connectivity index (χ3v) is 3.27. The van der Waals surface area contributed by atoms with Crippen molar-refractivity contribution in [3.8, 4) is 0 Å². The number of nitrogens with one attached hydrogen (secondary N) is 1. The Morgan fingerprint density at radius 3 is 2.95 bits per heavy atom. The third kappa shape index (κ3) is 4.68. The topological polar surface area (TPSA) is 85.1 Å². The Morgan fingerprint density at radius 1 is 1.68 bits per heavy atom. The fourth-order valence-electron chi connectivity index (χ4n) is 1.42. The summed E-state index contributed by atoms with van der Waals surface area (Å²) in [6, 6.07) is 1.14. The lowest BCUT2D eigenvalue weighted by atomic mass is 10.2. The fourth-order valence-corrected chi connectivity index (χ4v) is 2.17. The first-order valence-electron chi connectivity index (χ1n) is 5.55. The Balaban J connectivity index is 2.86. The van der Waals surface area contributed by atoms with Crippen LogP contribution in [0.1, 0.15) is 23.7 Å². The van der Waals surface area contributed by atoms with Crippen LogP contribution in [-0.2, 0) is 0 Å². The van der Waals surface area contributed by atoms with Gasteiger partial charge in [-0.25, -0.2) is 4.98 Å². The number of carbonyl (C=O) groups excluding carboxylic acids is 1. The summed E-state index contributed by atoms with van der Waals surface area (Å²) in [5.41, 5.74) is -0.417. The number of rotatable bonds is 6. The van der Waals surface area contributed by atoms with Crippen molar-refractivity contribution < 1.29 is 9.72 Å². The zero-order valence-corrected chi connectivity index (χ0v) is 12.1. The first-order valence-corrected chi connectivity index (χ1v) is 7.32. The van der Waals surface area contributed by atoms with Crippen LogP contribution < -0.4 is 5.32 Å². The van der Waals surface area contributed by atoms with E-state index in [1.165, 1.54) is 6.07 Å². The first-order chi connectivity index (χ1) is 8.95. The molecule has 0 radical (unpaired) electrons. The number of amides is 1. The minimum Gasteiger partial charge on any atom is -0.349 e. The summed E-state index contributed by atoms with van der Waals surface area (Å²) >= 11 is 7.34. The number of nitrogens with zero attached hydrogens (tertiary/aromatic N) is 2. The summed E-state index contributed by atoms with van der Waals surface area (Å²) in [6.45, 7) is 1.85. The monoisotopic (exact) mass is 303 g/mol. The molecule has 0 bridgehead atoms. The molecule has 1 aromatic heterocycles. The SMILES string of the molecule is CSCCC(C)NC(=O)c1cc(Cl)ncc1[N+](=O)[O-]. The van der Waals surface area contributed by atoms with Crippen LogP contribution in [0.15, 0.2) is 12.3 Å². The largest absolute Gasteiger partial charge is 0.349 e. The maximum atomic E-state index is 12.0. The van der Waals surface area contributed by atoms with Crippen molar-refractivity contribution in [2.75, 3.05) is 12.0 Å². The molecule has 0 aromatic carbocycles. The summed E-state index contributed by atoms with van der Waals surface area (Å²) in [5, 5.41) is 13.6. The van der Waals surface area contributed by atoms with Gasteiger partial charge in [0.1, 0.15) is 16.9 Å². The van der Waals surface area contributed by atoms with E-state index in [9.17, 15) is 14.9 Å². The Labute approximate surface area is 120 Å². The molecule has 1 atom stereocenters. The van der Waals surface area contributed by atoms with Gasteiger partial charge in [0.2, 0.25) is 0 Å². The van der Waals surface area contributed by atoms with Crippen LogP contribution in [0.5, 0.6) is 0 Å². The molecule has 0 spiro atoms. The minimum absolute atomic E-state index is 0.0486. The van der Waals surface area contributed by atoms with Gasteiger partial charge in [-0.2, -0.15) is 11.8 Å². The zero-order valence-electron chi connectivity index (χ0n) is 10.6. The molecule has 0 aliphatic heterocycles. The van der Waals surface area contributed by atoms with E-state index in [4.69, 9.17) is 11.6 Å². The van der Waals surface area contributed by atoms with Crippen LogP contribution >= 0.6 is 23.4 Å². The molecule has 0 fully saturated rings. The van der Waals surface area contributed by atoms with Gasteiger partial charge in [0.15, 0.2) is 0 Å². The first kappa shape index (κ1) is 15.7. The molecule has 1 N–H and O–H groups in total. The normalized spacial score (nSPS) is 11.9. The molecule has 0 aliphatic carbocycles. The van der Waals surface area contributed by atoms with E-state index in [0.29, 0.717) is 0 Å². The summed E-state index contributed by atoms with van der Waals surface area (Å²) in [7, 11) is 0. The number of hydrogen-bond acceptors (Lipinski definition) is 5. The van der Waals surface area contributed by atoms with E-state index in [2.05, 4.69) is 10.3 Å². The van der Waals surface area contributed by atoms with E-state index in [1.807, 2.05) is 13.2 Å². The maximum absolute atomic E-state index is 12.0. The predicted molar refractivity (Wildman–Crippen MR) is 75.8 cm³/mol. The second-order valence-electron chi connectivity index (χ2n) is 3.94. The molecule has 1 unspecified atom stereocenters. The molecule has 1 aromatic rings. The van der Waals surface area contributed by atoms with E-state index < -0.39 is 10.8 Å². The molecule has 1 heterocycles. The average Bonchev–Trinajstić information content (AvgIpc) is 2.35. The molecule has 0 saturated heterocycles. The highest BCUT2D eigenvalue weighted by atomic mass is 35.5. The Kier molecular flexibility index (Phi) is 6.04. The van der Waals surface area contributed by atoms with E-state index >= 15 is 0 Å². The molecule has 104 valence electrons. The molecule has 0 saturated carbocycles. The number of halogens is 1. The van der Waals surface area contributed by atoms with Crippen molar-refractivity contribution in [3.05, 3.63) is 33.1 Å². The zero-order chi connectivity index (χ0) is 14.4. The van der Waals surface area contributed by atoms with Crippen LogP contribution in [0, 0.1) is 10.1 Å². The highest BCUT2D eigenvalue weighted by molar-refractivity contribution is 7.98. The number of nitro groups is 1. The Bertz CT molecular complexity index is 484. The van der Waals surface area contributed by atoms with Crippen molar-refractivity contribution in [2.24, 2.45) is 0 Å². The Hall–Kier alpha value is -1.34. The van der Waals surface area contributed by atoms with Gasteiger partial charge in [-0.3, -0.25) is 14.9 Å². The van der Waals surface area contributed by atoms with Gasteiger partial charge in [-0.05, 0) is 31.4 Å². The van der Waals surface area contributed by atoms with Gasteiger partial charge in [0.25, 0.3) is 11.6 Å². The number of pyridine rings is 1. The van der Waals surface area contributed by atoms with Gasteiger partial charge in [0.05, 0.1) is 4.92 Å². The second-order valence-corrected chi connectivity index (χ2v) is 5.31. The number of aromatic nitrogens is 1. The van der Waals surface area contributed by atoms with Gasteiger partial charge >= 0.3 is 0 Å². The van der Waals surface area contributed by atoms with E-state index in [-0.39, 0.29) is 22.4 Å². The lowest BCUT2D eigenvalue weighted by Crippen LogP contribution is -2.33. The lowest BCUT2D eigenvalue weighted by Gasteiger charge is -2.13. The third-order valence-electron chi connectivity index (χ3n) is 2.42. The smallest absolute Gasteiger partial charge is 0.300 e. The van der Waals surface area contributed by atoms with Crippen molar-refractivity contribution >= 4 is 35.0 Å². The lowest BCUT2D eigenvalue weighted by molar-refractivity contribution is -0.385. The summed E-state index contributed by atoms with van der Waals surface area (Å²) < 4.78 is 0. The maximum Gasteiger partial charge on any atom is 0.300 e. The van der Waals surface area contributed by atoms with Crippen molar-refractivity contribution in [2.45, 2.75) is 19.4 Å². The molecule has 8 heteroatoms. The van der Waals surface area contributed by atoms with Gasteiger partial charge in [-0.15, -0.1) is 0 Å². The van der Waals surface area contributed by atoms with Crippen molar-refractivity contribution in [1.82, 2.24) is 10.3 Å². The van der Waals surface area contributed by atoms with Crippen molar-refractivity contribution in [3.63, 3.8) is 0 Å². The average molecular weight is 304 g/mol. The van der Waals surface area contributed by atoms with Crippen LogP contribution in [0.4, 0.5) is 5.69 Å². The highest BCUT2D eigenvalue weighted by Crippen LogP contribution is 2.20. The summed E-state index contributed by atoms with van der Waals surface area (Å²) in [4.78, 5) is 25.8. The number of carbonyl (C=O) groups is 1. The standard InChI is InChI=1S/C11H14ClN3O3S/c1-7(3-4-19-2)14-11(16)8-5-10(12)13-6-9(8)15(17)18/h5-7H,3-4H2,1-2H3,(H,14,16). The van der Waals surface area contributed by atoms with Gasteiger partial charge in [0, 0.05) is 6.04 Å². The molecule has 1 rings (SSSR count).